The first-order valence-electron chi connectivity index (χ1n) is 5.69. The minimum absolute atomic E-state index is 0.162. The van der Waals surface area contributed by atoms with E-state index in [9.17, 15) is 24.5 Å². The van der Waals surface area contributed by atoms with Crippen LogP contribution in [-0.4, -0.2) is 44.5 Å². The molecule has 1 aromatic rings. The number of carbonyl (C=O) groups excluding carboxylic acids is 1. The van der Waals surface area contributed by atoms with Crippen LogP contribution in [0.1, 0.15) is 6.92 Å². The largest absolute Gasteiger partial charge is 0.480 e. The summed E-state index contributed by atoms with van der Waals surface area (Å²) in [4.78, 5) is 44.9. The van der Waals surface area contributed by atoms with Gasteiger partial charge in [0.15, 0.2) is 0 Å². The van der Waals surface area contributed by atoms with Crippen LogP contribution in [0, 0.1) is 10.1 Å². The van der Waals surface area contributed by atoms with E-state index in [1.807, 2.05) is 0 Å². The summed E-state index contributed by atoms with van der Waals surface area (Å²) < 4.78 is 0.880. The summed E-state index contributed by atoms with van der Waals surface area (Å²) in [5.74, 6) is -1.77. The van der Waals surface area contributed by atoms with E-state index >= 15 is 0 Å². The Bertz CT molecular complexity index is 594. The van der Waals surface area contributed by atoms with Crippen molar-refractivity contribution in [3.05, 3.63) is 38.8 Å². The Kier molecular flexibility index (Phi) is 4.95. The van der Waals surface area contributed by atoms with Crippen molar-refractivity contribution in [2.45, 2.75) is 13.5 Å². The number of aromatic nitrogens is 1. The number of nitro groups is 1. The molecule has 0 fully saturated rings. The Morgan fingerprint density at radius 3 is 2.60 bits per heavy atom. The molecule has 108 valence electrons. The van der Waals surface area contributed by atoms with Crippen LogP contribution in [-0.2, 0) is 16.1 Å². The molecule has 0 saturated carbocycles. The molecule has 0 aliphatic carbocycles. The van der Waals surface area contributed by atoms with Crippen molar-refractivity contribution < 1.29 is 19.6 Å². The summed E-state index contributed by atoms with van der Waals surface area (Å²) in [5.41, 5.74) is -0.894. The predicted octanol–water partition coefficient (Wildman–Crippen LogP) is -0.310. The number of amides is 1. The molecule has 0 saturated heterocycles. The maximum atomic E-state index is 11.8. The van der Waals surface area contributed by atoms with E-state index in [-0.39, 0.29) is 12.2 Å². The summed E-state index contributed by atoms with van der Waals surface area (Å²) in [7, 11) is 0. The number of nitrogens with zero attached hydrogens (tertiary/aromatic N) is 3. The zero-order valence-corrected chi connectivity index (χ0v) is 10.7. The van der Waals surface area contributed by atoms with Crippen molar-refractivity contribution in [3.63, 3.8) is 0 Å². The van der Waals surface area contributed by atoms with Crippen molar-refractivity contribution >= 4 is 17.6 Å². The highest BCUT2D eigenvalue weighted by Gasteiger charge is 2.17. The third-order valence-corrected chi connectivity index (χ3v) is 2.54. The van der Waals surface area contributed by atoms with Crippen LogP contribution in [0.25, 0.3) is 0 Å². The average molecular weight is 283 g/mol. The molecule has 9 heteroatoms. The van der Waals surface area contributed by atoms with Crippen LogP contribution >= 0.6 is 0 Å². The van der Waals surface area contributed by atoms with Crippen LogP contribution < -0.4 is 5.56 Å². The predicted molar refractivity (Wildman–Crippen MR) is 67.2 cm³/mol. The highest BCUT2D eigenvalue weighted by molar-refractivity contribution is 5.81. The zero-order valence-electron chi connectivity index (χ0n) is 10.7. The highest BCUT2D eigenvalue weighted by Crippen LogP contribution is 2.06. The number of carbonyl (C=O) groups is 2. The van der Waals surface area contributed by atoms with Gasteiger partial charge in [-0.25, -0.2) is 0 Å². The van der Waals surface area contributed by atoms with Gasteiger partial charge >= 0.3 is 5.97 Å². The lowest BCUT2D eigenvalue weighted by Gasteiger charge is -2.18. The zero-order chi connectivity index (χ0) is 15.3. The first-order chi connectivity index (χ1) is 9.35. The van der Waals surface area contributed by atoms with Crippen molar-refractivity contribution in [1.82, 2.24) is 9.47 Å². The van der Waals surface area contributed by atoms with Crippen molar-refractivity contribution in [3.8, 4) is 0 Å². The van der Waals surface area contributed by atoms with E-state index in [4.69, 9.17) is 5.11 Å². The van der Waals surface area contributed by atoms with Gasteiger partial charge in [-0.3, -0.25) is 29.1 Å². The van der Waals surface area contributed by atoms with E-state index in [0.717, 1.165) is 27.8 Å². The van der Waals surface area contributed by atoms with Crippen molar-refractivity contribution in [2.24, 2.45) is 0 Å². The topological polar surface area (TPSA) is 123 Å². The molecule has 1 heterocycles. The van der Waals surface area contributed by atoms with Crippen LogP contribution in [0.5, 0.6) is 0 Å². The van der Waals surface area contributed by atoms with Gasteiger partial charge in [-0.1, -0.05) is 0 Å². The van der Waals surface area contributed by atoms with Gasteiger partial charge in [0.25, 0.3) is 11.2 Å². The van der Waals surface area contributed by atoms with Gasteiger partial charge in [0.1, 0.15) is 13.1 Å². The first-order valence-corrected chi connectivity index (χ1v) is 5.69. The standard InChI is InChI=1S/C11H13N3O6/c1-2-12(7-11(17)18)10(16)6-13-5-8(14(19)20)3-4-9(13)15/h3-5H,2,6-7H2,1H3,(H,17,18). The third kappa shape index (κ3) is 3.90. The first kappa shape index (κ1) is 15.3. The maximum Gasteiger partial charge on any atom is 0.323 e. The van der Waals surface area contributed by atoms with E-state index < -0.39 is 35.4 Å². The summed E-state index contributed by atoms with van der Waals surface area (Å²) in [6.07, 6.45) is 0.953. The van der Waals surface area contributed by atoms with Gasteiger partial charge in [0.2, 0.25) is 5.91 Å². The summed E-state index contributed by atoms with van der Waals surface area (Å²) in [5, 5.41) is 19.3. The lowest BCUT2D eigenvalue weighted by atomic mass is 10.4. The summed E-state index contributed by atoms with van der Waals surface area (Å²) >= 11 is 0. The van der Waals surface area contributed by atoms with Crippen molar-refractivity contribution in [1.29, 1.82) is 0 Å². The Morgan fingerprint density at radius 2 is 2.10 bits per heavy atom. The Balaban J connectivity index is 2.94. The average Bonchev–Trinajstić information content (AvgIpc) is 2.37. The van der Waals surface area contributed by atoms with Gasteiger partial charge in [-0.15, -0.1) is 0 Å². The van der Waals surface area contributed by atoms with Crippen LogP contribution in [0.4, 0.5) is 5.69 Å². The minimum atomic E-state index is -1.17. The Labute approximate surface area is 113 Å². The molecular weight excluding hydrogens is 270 g/mol. The summed E-state index contributed by atoms with van der Waals surface area (Å²) in [6.45, 7) is 0.826. The smallest absolute Gasteiger partial charge is 0.323 e. The van der Waals surface area contributed by atoms with E-state index in [1.54, 1.807) is 6.92 Å². The highest BCUT2D eigenvalue weighted by atomic mass is 16.6. The van der Waals surface area contributed by atoms with E-state index in [0.29, 0.717) is 0 Å². The third-order valence-electron chi connectivity index (χ3n) is 2.54. The number of carboxylic acids is 1. The number of hydrogen-bond acceptors (Lipinski definition) is 5. The minimum Gasteiger partial charge on any atom is -0.480 e. The molecule has 9 nitrogen and oxygen atoms in total. The second-order valence-electron chi connectivity index (χ2n) is 3.91. The molecule has 0 aliphatic rings. The molecule has 1 rings (SSSR count). The van der Waals surface area contributed by atoms with Gasteiger partial charge in [-0.05, 0) is 6.92 Å². The molecule has 0 aliphatic heterocycles. The monoisotopic (exact) mass is 283 g/mol. The molecular formula is C11H13N3O6. The SMILES string of the molecule is CCN(CC(=O)O)C(=O)Cn1cc([N+](=O)[O-])ccc1=O. The summed E-state index contributed by atoms with van der Waals surface area (Å²) in [6, 6.07) is 2.02. The van der Waals surface area contributed by atoms with Gasteiger partial charge in [0.05, 0.1) is 11.1 Å². The maximum absolute atomic E-state index is 11.8. The van der Waals surface area contributed by atoms with E-state index in [2.05, 4.69) is 0 Å². The molecule has 0 unspecified atom stereocenters. The van der Waals surface area contributed by atoms with Crippen LogP contribution in [0.2, 0.25) is 0 Å². The fourth-order valence-electron chi connectivity index (χ4n) is 1.54. The second-order valence-corrected chi connectivity index (χ2v) is 3.91. The van der Waals surface area contributed by atoms with Gasteiger partial charge in [-0.2, -0.15) is 0 Å². The number of rotatable bonds is 6. The number of likely N-dealkylation sites (N-methyl/N-ethyl adjacent to an activating group) is 1. The Hall–Kier alpha value is -2.71. The number of pyridine rings is 1. The van der Waals surface area contributed by atoms with Crippen molar-refractivity contribution in [2.75, 3.05) is 13.1 Å². The second kappa shape index (κ2) is 6.45. The fourth-order valence-corrected chi connectivity index (χ4v) is 1.54. The molecule has 0 atom stereocenters. The number of hydrogen-bond donors (Lipinski definition) is 1. The quantitative estimate of drug-likeness (QED) is 0.564. The van der Waals surface area contributed by atoms with Crippen LogP contribution in [0.3, 0.4) is 0 Å². The molecule has 0 bridgehead atoms. The molecule has 20 heavy (non-hydrogen) atoms. The number of aliphatic carboxylic acids is 1. The molecule has 0 aromatic carbocycles. The van der Waals surface area contributed by atoms with Gasteiger partial charge < -0.3 is 10.0 Å². The molecule has 0 spiro atoms. The molecule has 1 N–H and O–H groups in total. The molecule has 0 radical (unpaired) electrons. The lowest BCUT2D eigenvalue weighted by Crippen LogP contribution is -2.39. The fraction of sp³-hybridized carbons (Fsp3) is 0.364. The molecule has 1 amide bonds. The number of carboxylic acid groups (broad SMARTS) is 1. The van der Waals surface area contributed by atoms with E-state index in [1.165, 1.54) is 0 Å². The van der Waals surface area contributed by atoms with Crippen LogP contribution in [0.15, 0.2) is 23.1 Å². The Morgan fingerprint density at radius 1 is 1.45 bits per heavy atom. The van der Waals surface area contributed by atoms with Gasteiger partial charge in [0, 0.05) is 18.7 Å². The normalized spacial score (nSPS) is 10.1. The lowest BCUT2D eigenvalue weighted by molar-refractivity contribution is -0.385. The molecule has 1 aromatic heterocycles.